The quantitative estimate of drug-likeness (QED) is 0.940. The minimum absolute atomic E-state index is 0.143. The zero-order valence-electron chi connectivity index (χ0n) is 14.0. The molecule has 0 spiro atoms. The Labute approximate surface area is 143 Å². The molecular formula is C19H25N3O2. The molecule has 0 atom stereocenters. The lowest BCUT2D eigenvalue weighted by Gasteiger charge is -2.20. The van der Waals surface area contributed by atoms with Gasteiger partial charge in [-0.2, -0.15) is 0 Å². The first-order chi connectivity index (χ1) is 11.8. The van der Waals surface area contributed by atoms with Crippen LogP contribution in [-0.4, -0.2) is 35.4 Å². The van der Waals surface area contributed by atoms with Crippen molar-refractivity contribution in [3.8, 4) is 11.5 Å². The van der Waals surface area contributed by atoms with Crippen LogP contribution >= 0.6 is 0 Å². The topological polar surface area (TPSA) is 58.4 Å². The summed E-state index contributed by atoms with van der Waals surface area (Å²) in [5, 5.41) is 2.99. The smallest absolute Gasteiger partial charge is 0.226 e. The van der Waals surface area contributed by atoms with Gasteiger partial charge in [-0.05, 0) is 31.5 Å². The molecule has 1 amide bonds. The Hall–Kier alpha value is -2.14. The molecule has 128 valence electrons. The Bertz CT molecular complexity index is 639. The Kier molecular flexibility index (Phi) is 6.01. The lowest BCUT2D eigenvalue weighted by atomic mass is 10.2. The summed E-state index contributed by atoms with van der Waals surface area (Å²) >= 11 is 0. The molecule has 1 aliphatic rings. The molecule has 2 aromatic rings. The number of aromatic nitrogens is 1. The number of nitrogens with zero attached hydrogens (tertiary/aromatic N) is 2. The van der Waals surface area contributed by atoms with Gasteiger partial charge < -0.3 is 9.73 Å². The van der Waals surface area contributed by atoms with Crippen LogP contribution in [0, 0.1) is 0 Å². The average Bonchev–Trinajstić information content (AvgIpc) is 3.06. The van der Waals surface area contributed by atoms with E-state index in [1.54, 1.807) is 6.20 Å². The maximum absolute atomic E-state index is 11.8. The third-order valence-electron chi connectivity index (χ3n) is 4.33. The molecule has 1 aromatic carbocycles. The van der Waals surface area contributed by atoms with Crippen molar-refractivity contribution in [2.75, 3.05) is 19.6 Å². The van der Waals surface area contributed by atoms with E-state index in [9.17, 15) is 4.79 Å². The highest BCUT2D eigenvalue weighted by molar-refractivity contribution is 5.76. The van der Waals surface area contributed by atoms with Crippen molar-refractivity contribution in [2.24, 2.45) is 0 Å². The predicted octanol–water partition coefficient (Wildman–Crippen LogP) is 3.22. The molecule has 5 nitrogen and oxygen atoms in total. The van der Waals surface area contributed by atoms with Gasteiger partial charge in [-0.25, -0.2) is 4.98 Å². The molecule has 1 fully saturated rings. The fourth-order valence-electron chi connectivity index (χ4n) is 2.97. The van der Waals surface area contributed by atoms with Gasteiger partial charge in [0.2, 0.25) is 11.8 Å². The minimum Gasteiger partial charge on any atom is -0.440 e. The van der Waals surface area contributed by atoms with Gasteiger partial charge in [0.15, 0.2) is 0 Å². The van der Waals surface area contributed by atoms with E-state index in [2.05, 4.69) is 15.2 Å². The number of hydrogen-bond acceptors (Lipinski definition) is 4. The fraction of sp³-hybridized carbons (Fsp3) is 0.474. The lowest BCUT2D eigenvalue weighted by Crippen LogP contribution is -2.31. The van der Waals surface area contributed by atoms with Crippen LogP contribution in [0.1, 0.15) is 37.9 Å². The molecule has 0 bridgehead atoms. The third kappa shape index (κ3) is 4.93. The van der Waals surface area contributed by atoms with Crippen molar-refractivity contribution in [1.29, 1.82) is 0 Å². The first kappa shape index (κ1) is 16.7. The Balaban J connectivity index is 1.62. The minimum atomic E-state index is 0.143. The molecule has 0 unspecified atom stereocenters. The van der Waals surface area contributed by atoms with Gasteiger partial charge in [0.25, 0.3) is 0 Å². The van der Waals surface area contributed by atoms with Crippen LogP contribution in [0.4, 0.5) is 0 Å². The van der Waals surface area contributed by atoms with Gasteiger partial charge in [0, 0.05) is 25.1 Å². The molecule has 5 heteroatoms. The molecule has 1 aromatic heterocycles. The van der Waals surface area contributed by atoms with E-state index in [-0.39, 0.29) is 5.91 Å². The average molecular weight is 327 g/mol. The normalized spacial score (nSPS) is 17.9. The van der Waals surface area contributed by atoms with Crippen LogP contribution < -0.4 is 5.32 Å². The standard InChI is InChI=1S/C19H25N3O2/c23-18-10-13-22(12-7-2-1-6-11-20-18)15-17-14-21-19(24-17)16-8-4-3-5-9-16/h3-5,8-9,14H,1-2,6-7,10-13,15H2,(H,20,23). The summed E-state index contributed by atoms with van der Waals surface area (Å²) in [7, 11) is 0. The number of carbonyl (C=O) groups excluding carboxylic acids is 1. The maximum Gasteiger partial charge on any atom is 0.226 e. The molecule has 0 aliphatic carbocycles. The highest BCUT2D eigenvalue weighted by Crippen LogP contribution is 2.19. The second-order valence-electron chi connectivity index (χ2n) is 6.29. The zero-order valence-corrected chi connectivity index (χ0v) is 14.0. The summed E-state index contributed by atoms with van der Waals surface area (Å²) in [6.45, 7) is 3.26. The van der Waals surface area contributed by atoms with E-state index >= 15 is 0 Å². The van der Waals surface area contributed by atoms with Gasteiger partial charge in [-0.15, -0.1) is 0 Å². The van der Waals surface area contributed by atoms with E-state index in [1.807, 2.05) is 30.3 Å². The van der Waals surface area contributed by atoms with E-state index < -0.39 is 0 Å². The molecule has 1 saturated heterocycles. The van der Waals surface area contributed by atoms with Gasteiger partial charge in [-0.3, -0.25) is 9.69 Å². The monoisotopic (exact) mass is 327 g/mol. The van der Waals surface area contributed by atoms with Crippen LogP contribution in [0.5, 0.6) is 0 Å². The summed E-state index contributed by atoms with van der Waals surface area (Å²) in [6, 6.07) is 9.92. The first-order valence-corrected chi connectivity index (χ1v) is 8.80. The predicted molar refractivity (Wildman–Crippen MR) is 93.3 cm³/mol. The molecule has 2 heterocycles. The SMILES string of the molecule is O=C1CCN(Cc2cnc(-c3ccccc3)o2)CCCCCCN1. The summed E-state index contributed by atoms with van der Waals surface area (Å²) in [6.07, 6.45) is 6.96. The van der Waals surface area contributed by atoms with Crippen LogP contribution in [0.25, 0.3) is 11.5 Å². The van der Waals surface area contributed by atoms with Crippen LogP contribution in [0.3, 0.4) is 0 Å². The van der Waals surface area contributed by atoms with E-state index in [0.717, 1.165) is 43.8 Å². The summed E-state index contributed by atoms with van der Waals surface area (Å²) < 4.78 is 5.90. The van der Waals surface area contributed by atoms with Gasteiger partial charge in [-0.1, -0.05) is 31.0 Å². The number of amides is 1. The van der Waals surface area contributed by atoms with E-state index in [0.29, 0.717) is 18.9 Å². The maximum atomic E-state index is 11.8. The molecule has 3 rings (SSSR count). The molecule has 0 radical (unpaired) electrons. The van der Waals surface area contributed by atoms with E-state index in [1.165, 1.54) is 12.8 Å². The zero-order chi connectivity index (χ0) is 16.6. The number of oxazole rings is 1. The van der Waals surface area contributed by atoms with Crippen molar-refractivity contribution in [1.82, 2.24) is 15.2 Å². The van der Waals surface area contributed by atoms with Gasteiger partial charge in [0.05, 0.1) is 12.7 Å². The molecule has 1 aliphatic heterocycles. The van der Waals surface area contributed by atoms with E-state index in [4.69, 9.17) is 4.42 Å². The summed E-state index contributed by atoms with van der Waals surface area (Å²) in [4.78, 5) is 18.5. The second kappa shape index (κ2) is 8.64. The van der Waals surface area contributed by atoms with Crippen molar-refractivity contribution in [2.45, 2.75) is 38.6 Å². The second-order valence-corrected chi connectivity index (χ2v) is 6.29. The Morgan fingerprint density at radius 3 is 2.79 bits per heavy atom. The van der Waals surface area contributed by atoms with Crippen molar-refractivity contribution >= 4 is 5.91 Å². The highest BCUT2D eigenvalue weighted by Gasteiger charge is 2.13. The molecule has 0 saturated carbocycles. The van der Waals surface area contributed by atoms with Crippen molar-refractivity contribution in [3.63, 3.8) is 0 Å². The fourth-order valence-corrected chi connectivity index (χ4v) is 2.97. The number of benzene rings is 1. The number of nitrogens with one attached hydrogen (secondary N) is 1. The summed E-state index contributed by atoms with van der Waals surface area (Å²) in [5.41, 5.74) is 0.987. The number of carbonyl (C=O) groups is 1. The van der Waals surface area contributed by atoms with Crippen LogP contribution in [-0.2, 0) is 11.3 Å². The highest BCUT2D eigenvalue weighted by atomic mass is 16.4. The lowest BCUT2D eigenvalue weighted by molar-refractivity contribution is -0.121. The van der Waals surface area contributed by atoms with Crippen LogP contribution in [0.2, 0.25) is 0 Å². The number of hydrogen-bond donors (Lipinski definition) is 1. The van der Waals surface area contributed by atoms with Gasteiger partial charge in [0.1, 0.15) is 5.76 Å². The molecule has 1 N–H and O–H groups in total. The Morgan fingerprint density at radius 1 is 1.08 bits per heavy atom. The van der Waals surface area contributed by atoms with Crippen LogP contribution in [0.15, 0.2) is 40.9 Å². The summed E-state index contributed by atoms with van der Waals surface area (Å²) in [5.74, 6) is 1.65. The first-order valence-electron chi connectivity index (χ1n) is 8.80. The van der Waals surface area contributed by atoms with Crippen molar-refractivity contribution in [3.05, 3.63) is 42.3 Å². The van der Waals surface area contributed by atoms with Gasteiger partial charge >= 0.3 is 0 Å². The largest absolute Gasteiger partial charge is 0.440 e. The molecule has 24 heavy (non-hydrogen) atoms. The number of rotatable bonds is 3. The third-order valence-corrected chi connectivity index (χ3v) is 4.33. The Morgan fingerprint density at radius 2 is 1.92 bits per heavy atom. The molecular weight excluding hydrogens is 302 g/mol. The van der Waals surface area contributed by atoms with Crippen molar-refractivity contribution < 1.29 is 9.21 Å².